The van der Waals surface area contributed by atoms with Crippen LogP contribution >= 0.6 is 27.5 Å². The summed E-state index contributed by atoms with van der Waals surface area (Å²) in [6.45, 7) is 4.36. The summed E-state index contributed by atoms with van der Waals surface area (Å²) in [6, 6.07) is 5.48. The Morgan fingerprint density at radius 2 is 2.17 bits per heavy atom. The number of hydrogen-bond donors (Lipinski definition) is 1. The van der Waals surface area contributed by atoms with Gasteiger partial charge in [0.15, 0.2) is 0 Å². The molecule has 0 aliphatic rings. The Hall–Kier alpha value is -0.910. The molecule has 96 valence electrons. The average Bonchev–Trinajstić information content (AvgIpc) is 2.83. The van der Waals surface area contributed by atoms with E-state index in [1.165, 1.54) is 0 Å². The SMILES string of the molecule is CC(C)(CN)c1nc(-c2ccc(Cl)c(Br)c2)no1. The van der Waals surface area contributed by atoms with Gasteiger partial charge in [-0.3, -0.25) is 0 Å². The third kappa shape index (κ3) is 2.58. The largest absolute Gasteiger partial charge is 0.338 e. The molecule has 0 spiro atoms. The van der Waals surface area contributed by atoms with E-state index in [2.05, 4.69) is 26.1 Å². The van der Waals surface area contributed by atoms with Crippen LogP contribution in [0.5, 0.6) is 0 Å². The minimum absolute atomic E-state index is 0.324. The molecular formula is C12H13BrClN3O. The van der Waals surface area contributed by atoms with Crippen molar-refractivity contribution in [3.8, 4) is 11.4 Å². The van der Waals surface area contributed by atoms with Crippen LogP contribution in [0.3, 0.4) is 0 Å². The van der Waals surface area contributed by atoms with Crippen molar-refractivity contribution >= 4 is 27.5 Å². The van der Waals surface area contributed by atoms with Gasteiger partial charge in [0.1, 0.15) is 0 Å². The zero-order valence-corrected chi connectivity index (χ0v) is 12.4. The maximum absolute atomic E-state index is 5.94. The molecular weight excluding hydrogens is 318 g/mol. The smallest absolute Gasteiger partial charge is 0.233 e. The summed E-state index contributed by atoms with van der Waals surface area (Å²) in [5.74, 6) is 1.06. The summed E-state index contributed by atoms with van der Waals surface area (Å²) < 4.78 is 6.05. The summed E-state index contributed by atoms with van der Waals surface area (Å²) >= 11 is 9.31. The highest BCUT2D eigenvalue weighted by atomic mass is 79.9. The minimum Gasteiger partial charge on any atom is -0.338 e. The van der Waals surface area contributed by atoms with Crippen LogP contribution in [-0.4, -0.2) is 16.7 Å². The Kier molecular flexibility index (Phi) is 3.75. The van der Waals surface area contributed by atoms with Crippen LogP contribution in [0, 0.1) is 0 Å². The molecule has 0 saturated heterocycles. The first-order valence-electron chi connectivity index (χ1n) is 5.44. The lowest BCUT2D eigenvalue weighted by molar-refractivity contribution is 0.311. The first kappa shape index (κ1) is 13.5. The van der Waals surface area contributed by atoms with Crippen molar-refractivity contribution in [1.82, 2.24) is 10.1 Å². The minimum atomic E-state index is -0.324. The highest BCUT2D eigenvalue weighted by Gasteiger charge is 2.26. The molecule has 2 rings (SSSR count). The van der Waals surface area contributed by atoms with Crippen molar-refractivity contribution in [1.29, 1.82) is 0 Å². The summed E-state index contributed by atoms with van der Waals surface area (Å²) in [5.41, 5.74) is 6.19. The van der Waals surface area contributed by atoms with Crippen molar-refractivity contribution in [2.24, 2.45) is 5.73 Å². The topological polar surface area (TPSA) is 64.9 Å². The molecule has 0 atom stereocenters. The molecule has 1 heterocycles. The molecule has 2 aromatic rings. The van der Waals surface area contributed by atoms with Crippen LogP contribution in [0.25, 0.3) is 11.4 Å². The molecule has 0 aliphatic carbocycles. The summed E-state index contributed by atoms with van der Waals surface area (Å²) in [4.78, 5) is 4.37. The van der Waals surface area contributed by atoms with E-state index in [1.54, 1.807) is 6.07 Å². The predicted octanol–water partition coefficient (Wildman–Crippen LogP) is 3.39. The Morgan fingerprint density at radius 1 is 1.44 bits per heavy atom. The highest BCUT2D eigenvalue weighted by Crippen LogP contribution is 2.29. The van der Waals surface area contributed by atoms with Gasteiger partial charge in [-0.1, -0.05) is 16.8 Å². The average molecular weight is 331 g/mol. The Morgan fingerprint density at radius 3 is 2.78 bits per heavy atom. The van der Waals surface area contributed by atoms with Crippen molar-refractivity contribution in [2.45, 2.75) is 19.3 Å². The van der Waals surface area contributed by atoms with E-state index in [1.807, 2.05) is 26.0 Å². The number of rotatable bonds is 3. The second kappa shape index (κ2) is 4.99. The van der Waals surface area contributed by atoms with Gasteiger partial charge in [-0.25, -0.2) is 0 Å². The molecule has 2 N–H and O–H groups in total. The number of halogens is 2. The third-order valence-electron chi connectivity index (χ3n) is 2.69. The van der Waals surface area contributed by atoms with E-state index in [0.29, 0.717) is 23.3 Å². The van der Waals surface area contributed by atoms with Gasteiger partial charge in [0.05, 0.1) is 10.4 Å². The van der Waals surface area contributed by atoms with Gasteiger partial charge >= 0.3 is 0 Å². The van der Waals surface area contributed by atoms with E-state index in [-0.39, 0.29) is 5.41 Å². The maximum Gasteiger partial charge on any atom is 0.233 e. The van der Waals surface area contributed by atoms with Crippen LogP contribution in [-0.2, 0) is 5.41 Å². The van der Waals surface area contributed by atoms with Crippen molar-refractivity contribution in [3.05, 3.63) is 33.6 Å². The molecule has 0 bridgehead atoms. The van der Waals surface area contributed by atoms with Crippen molar-refractivity contribution in [3.63, 3.8) is 0 Å². The molecule has 1 aromatic carbocycles. The Balaban J connectivity index is 2.38. The van der Waals surface area contributed by atoms with Gasteiger partial charge in [0, 0.05) is 16.6 Å². The normalized spacial score (nSPS) is 11.8. The van der Waals surface area contributed by atoms with E-state index < -0.39 is 0 Å². The summed E-state index contributed by atoms with van der Waals surface area (Å²) in [7, 11) is 0. The van der Waals surface area contributed by atoms with E-state index in [0.717, 1.165) is 10.0 Å². The zero-order valence-electron chi connectivity index (χ0n) is 10.1. The number of aromatic nitrogens is 2. The molecule has 6 heteroatoms. The molecule has 4 nitrogen and oxygen atoms in total. The first-order valence-corrected chi connectivity index (χ1v) is 6.61. The standard InChI is InChI=1S/C12H13BrClN3O/c1-12(2,6-15)11-16-10(17-18-11)7-3-4-9(14)8(13)5-7/h3-5H,6,15H2,1-2H3. The second-order valence-electron chi connectivity index (χ2n) is 4.64. The second-order valence-corrected chi connectivity index (χ2v) is 5.90. The van der Waals surface area contributed by atoms with Crippen LogP contribution < -0.4 is 5.73 Å². The first-order chi connectivity index (χ1) is 8.44. The predicted molar refractivity (Wildman–Crippen MR) is 74.5 cm³/mol. The van der Waals surface area contributed by atoms with E-state index in [4.69, 9.17) is 21.9 Å². The lowest BCUT2D eigenvalue weighted by Gasteiger charge is -2.15. The number of nitrogens with two attached hydrogens (primary N) is 1. The molecule has 0 saturated carbocycles. The van der Waals surface area contributed by atoms with Gasteiger partial charge < -0.3 is 10.3 Å². The molecule has 1 aromatic heterocycles. The molecule has 0 unspecified atom stereocenters. The lowest BCUT2D eigenvalue weighted by atomic mass is 9.94. The fourth-order valence-corrected chi connectivity index (χ4v) is 1.83. The zero-order chi connectivity index (χ0) is 13.3. The number of benzene rings is 1. The van der Waals surface area contributed by atoms with Crippen molar-refractivity contribution in [2.75, 3.05) is 6.54 Å². The van der Waals surface area contributed by atoms with Crippen LogP contribution in [0.15, 0.2) is 27.2 Å². The van der Waals surface area contributed by atoms with Gasteiger partial charge in [0.25, 0.3) is 0 Å². The van der Waals surface area contributed by atoms with Crippen LogP contribution in [0.2, 0.25) is 5.02 Å². The fourth-order valence-electron chi connectivity index (χ4n) is 1.34. The quantitative estimate of drug-likeness (QED) is 0.937. The third-order valence-corrected chi connectivity index (χ3v) is 3.91. The van der Waals surface area contributed by atoms with E-state index in [9.17, 15) is 0 Å². The van der Waals surface area contributed by atoms with E-state index >= 15 is 0 Å². The molecule has 0 aliphatic heterocycles. The molecule has 0 radical (unpaired) electrons. The van der Waals surface area contributed by atoms with Gasteiger partial charge in [-0.05, 0) is 48.0 Å². The maximum atomic E-state index is 5.94. The number of hydrogen-bond acceptors (Lipinski definition) is 4. The van der Waals surface area contributed by atoms with Gasteiger partial charge in [0.2, 0.25) is 11.7 Å². The fraction of sp³-hybridized carbons (Fsp3) is 0.333. The molecule has 0 fully saturated rings. The molecule has 0 amide bonds. The van der Waals surface area contributed by atoms with Gasteiger partial charge in [-0.2, -0.15) is 4.98 Å². The monoisotopic (exact) mass is 329 g/mol. The number of nitrogens with zero attached hydrogens (tertiary/aromatic N) is 2. The van der Waals surface area contributed by atoms with Crippen molar-refractivity contribution < 1.29 is 4.52 Å². The lowest BCUT2D eigenvalue weighted by Crippen LogP contribution is -2.28. The van der Waals surface area contributed by atoms with Gasteiger partial charge in [-0.15, -0.1) is 0 Å². The summed E-state index contributed by atoms with van der Waals surface area (Å²) in [6.07, 6.45) is 0. The van der Waals surface area contributed by atoms with Crippen LogP contribution in [0.4, 0.5) is 0 Å². The highest BCUT2D eigenvalue weighted by molar-refractivity contribution is 9.10. The van der Waals surface area contributed by atoms with Crippen LogP contribution in [0.1, 0.15) is 19.7 Å². The molecule has 18 heavy (non-hydrogen) atoms. The Labute approximate surface area is 119 Å². The summed E-state index contributed by atoms with van der Waals surface area (Å²) in [5, 5.41) is 4.61. The Bertz CT molecular complexity index is 568.